The lowest BCUT2D eigenvalue weighted by molar-refractivity contribution is -0.150. The molecule has 2 fully saturated rings. The van der Waals surface area contributed by atoms with Crippen molar-refractivity contribution in [2.75, 3.05) is 75.1 Å². The molecule has 4 rings (SSSR count). The van der Waals surface area contributed by atoms with Crippen molar-refractivity contribution in [2.45, 2.75) is 227 Å². The van der Waals surface area contributed by atoms with Crippen LogP contribution in [0, 0.1) is 29.6 Å². The molecule has 0 spiro atoms. The maximum absolute atomic E-state index is 15.6. The van der Waals surface area contributed by atoms with Crippen LogP contribution in [0.25, 0.3) is 0 Å². The van der Waals surface area contributed by atoms with Gasteiger partial charge in [0, 0.05) is 81.4 Å². The number of aliphatic hydroxyl groups is 1. The zero-order chi connectivity index (χ0) is 75.7. The lowest BCUT2D eigenvalue weighted by Crippen LogP contribution is -2.62. The first kappa shape index (κ1) is 85.4. The van der Waals surface area contributed by atoms with E-state index in [1.54, 1.807) is 72.5 Å². The van der Waals surface area contributed by atoms with E-state index < -0.39 is 150 Å². The molecule has 26 nitrogen and oxygen atoms in total. The molecule has 12 amide bonds. The van der Waals surface area contributed by atoms with Crippen LogP contribution in [0.5, 0.6) is 0 Å². The Hall–Kier alpha value is -8.00. The highest BCUT2D eigenvalue weighted by atomic mass is 16.5. The van der Waals surface area contributed by atoms with E-state index in [0.717, 1.165) is 16.2 Å². The summed E-state index contributed by atoms with van der Waals surface area (Å²) in [6.45, 7) is 21.8. The monoisotopic (exact) mass is 1410 g/mol. The van der Waals surface area contributed by atoms with Crippen LogP contribution in [0.4, 0.5) is 0 Å². The van der Waals surface area contributed by atoms with Gasteiger partial charge < -0.3 is 70.7 Å². The molecule has 564 valence electrons. The summed E-state index contributed by atoms with van der Waals surface area (Å²) < 4.78 is 5.73. The van der Waals surface area contributed by atoms with Crippen LogP contribution in [0.2, 0.25) is 0 Å². The third-order valence-electron chi connectivity index (χ3n) is 18.7. The van der Waals surface area contributed by atoms with Crippen molar-refractivity contribution >= 4 is 70.9 Å². The van der Waals surface area contributed by atoms with Gasteiger partial charge in [0.15, 0.2) is 0 Å². The summed E-state index contributed by atoms with van der Waals surface area (Å²) in [4.78, 5) is 189. The minimum absolute atomic E-state index is 0.00957. The summed E-state index contributed by atoms with van der Waals surface area (Å²) in [5.74, 6) is -9.78. The highest BCUT2D eigenvalue weighted by Gasteiger charge is 2.43. The van der Waals surface area contributed by atoms with Gasteiger partial charge in [0.1, 0.15) is 60.4 Å². The number of ether oxygens (including phenoxy) is 1. The van der Waals surface area contributed by atoms with Gasteiger partial charge in [0.25, 0.3) is 0 Å². The number of piperidine rings is 1. The molecule has 101 heavy (non-hydrogen) atoms. The number of nitrogens with one attached hydrogen (secondary N) is 5. The Labute approximate surface area is 599 Å². The van der Waals surface area contributed by atoms with Gasteiger partial charge in [-0.2, -0.15) is 0 Å². The average Bonchev–Trinajstić information content (AvgIpc) is 0.819. The van der Waals surface area contributed by atoms with E-state index >= 15 is 28.8 Å². The van der Waals surface area contributed by atoms with Gasteiger partial charge in [-0.15, -0.1) is 0 Å². The Bertz CT molecular complexity index is 3070. The maximum atomic E-state index is 15.6. The molecule has 0 aromatic heterocycles. The van der Waals surface area contributed by atoms with Gasteiger partial charge in [-0.3, -0.25) is 57.5 Å². The molecular weight excluding hydrogens is 1290 g/mol. The van der Waals surface area contributed by atoms with Crippen LogP contribution in [0.3, 0.4) is 0 Å². The van der Waals surface area contributed by atoms with Crippen LogP contribution in [0.15, 0.2) is 60.7 Å². The lowest BCUT2D eigenvalue weighted by Gasteiger charge is -2.37. The number of carbonyl (C=O) groups is 12. The zero-order valence-electron chi connectivity index (χ0n) is 63.4. The van der Waals surface area contributed by atoms with Crippen molar-refractivity contribution in [1.82, 2.24) is 60.9 Å². The van der Waals surface area contributed by atoms with Crippen molar-refractivity contribution in [3.8, 4) is 0 Å². The molecule has 2 aliphatic rings. The number of benzene rings is 2. The Morgan fingerprint density at radius 3 is 1.34 bits per heavy atom. The van der Waals surface area contributed by atoms with Crippen molar-refractivity contribution in [1.29, 1.82) is 0 Å². The van der Waals surface area contributed by atoms with Crippen LogP contribution in [0.1, 0.15) is 158 Å². The largest absolute Gasteiger partial charge is 0.391 e. The predicted molar refractivity (Wildman–Crippen MR) is 385 cm³/mol. The Morgan fingerprint density at radius 1 is 0.465 bits per heavy atom. The van der Waals surface area contributed by atoms with Gasteiger partial charge in [-0.05, 0) is 112 Å². The smallest absolute Gasteiger partial charge is 0.248 e. The summed E-state index contributed by atoms with van der Waals surface area (Å²) in [5, 5.41) is 25.4. The summed E-state index contributed by atoms with van der Waals surface area (Å²) in [6.07, 6.45) is 0.206. The van der Waals surface area contributed by atoms with E-state index in [9.17, 15) is 33.9 Å². The summed E-state index contributed by atoms with van der Waals surface area (Å²) in [5.41, 5.74) is 1.31. The van der Waals surface area contributed by atoms with Crippen molar-refractivity contribution in [2.24, 2.45) is 29.6 Å². The molecule has 0 unspecified atom stereocenters. The first-order chi connectivity index (χ1) is 47.5. The molecule has 0 bridgehead atoms. The molecule has 0 radical (unpaired) electrons. The first-order valence-corrected chi connectivity index (χ1v) is 36.2. The van der Waals surface area contributed by atoms with Gasteiger partial charge in [-0.25, -0.2) is 0 Å². The number of likely N-dealkylation sites (tertiary alicyclic amines) is 1. The minimum atomic E-state index is -1.66. The fourth-order valence-electron chi connectivity index (χ4n) is 12.9. The number of hydrogen-bond donors (Lipinski definition) is 6. The molecule has 2 saturated heterocycles. The number of nitrogens with zero attached hydrogens (tertiary/aromatic N) is 7. The number of rotatable bonds is 20. The molecule has 2 aromatic carbocycles. The standard InChI is InChI=1S/C75H120N12O14/c1-19-101-36-33-54-70(95)86(18)62(43-53-31-25-21-26-32-53)74(99)85(17)59(40-49(8)9)67(92)79-57(73(98)87-34-27-22-28-35-87)44-63(89)76-55(37-46(2)3)71(96)84(16)61(42-52-29-23-20-24-30-52)68(93)78-56(38-47(4)5)72(97)83(15)60(41-50(10)11)69(94)80-65(51(12)88)75(100)81(13)45-64(90)82(14)58(39-48(6)7)66(91)77-54/h20-21,23-26,29-32,46-51,54-62,65,88H,19,22,27-28,33-45H2,1-18H3,(H,76,89)(H,77,91)(H,78,93)(H,79,92)(H,80,94)/t51-,54+,55-,56+,57+,58+,59+,60+,61+,62+,65+/m1/s1. The second-order valence-corrected chi connectivity index (χ2v) is 29.7. The Balaban J connectivity index is 1.99. The van der Waals surface area contributed by atoms with Gasteiger partial charge in [0.05, 0.1) is 19.1 Å². The fraction of sp³-hybridized carbons (Fsp3) is 0.680. The molecule has 0 aliphatic carbocycles. The average molecular weight is 1410 g/mol. The lowest BCUT2D eigenvalue weighted by atomic mass is 9.97. The van der Waals surface area contributed by atoms with Crippen molar-refractivity contribution < 1.29 is 67.4 Å². The van der Waals surface area contributed by atoms with Gasteiger partial charge in [-0.1, -0.05) is 130 Å². The second-order valence-electron chi connectivity index (χ2n) is 29.7. The van der Waals surface area contributed by atoms with Crippen molar-refractivity contribution in [3.63, 3.8) is 0 Å². The summed E-state index contributed by atoms with van der Waals surface area (Å²) >= 11 is 0. The highest BCUT2D eigenvalue weighted by molar-refractivity contribution is 6.00. The number of aliphatic hydroxyl groups excluding tert-OH is 1. The van der Waals surface area contributed by atoms with E-state index in [0.29, 0.717) is 37.1 Å². The first-order valence-electron chi connectivity index (χ1n) is 36.2. The van der Waals surface area contributed by atoms with Crippen molar-refractivity contribution in [3.05, 3.63) is 71.8 Å². The van der Waals surface area contributed by atoms with E-state index in [1.165, 1.54) is 68.8 Å². The van der Waals surface area contributed by atoms with Crippen LogP contribution in [-0.2, 0) is 75.1 Å². The third-order valence-corrected chi connectivity index (χ3v) is 18.7. The summed E-state index contributed by atoms with van der Waals surface area (Å²) in [7, 11) is 8.38. The number of hydrogen-bond acceptors (Lipinski definition) is 14. The molecule has 2 aromatic rings. The Morgan fingerprint density at radius 2 is 0.861 bits per heavy atom. The van der Waals surface area contributed by atoms with Crippen LogP contribution in [-0.4, -0.2) is 252 Å². The fourth-order valence-corrected chi connectivity index (χ4v) is 12.9. The quantitative estimate of drug-likeness (QED) is 0.102. The zero-order valence-corrected chi connectivity index (χ0v) is 63.4. The van der Waals surface area contributed by atoms with Gasteiger partial charge in [0.2, 0.25) is 70.9 Å². The SMILES string of the molecule is CCOCC[C@@H]1NC(=O)[C@H](CC(C)C)N(C)C(=O)CN(C)C(=O)[C@H]([C@@H](C)O)NC(=O)[C@H](CC(C)C)N(C)C(=O)[C@H](CC(C)C)NC(=O)[C@H](Cc2ccccc2)N(C)C(=O)[C@@H](CC(C)C)NC(=O)C[C@@H](C(=O)N2CCCCC2)NC(=O)[C@H](CC(C)C)N(C)C(=O)[C@H](Cc2ccccc2)N(C)C1=O. The number of amides is 12. The van der Waals surface area contributed by atoms with E-state index in [4.69, 9.17) is 4.74 Å². The highest BCUT2D eigenvalue weighted by Crippen LogP contribution is 2.23. The third kappa shape index (κ3) is 26.1. The van der Waals surface area contributed by atoms with E-state index in [-0.39, 0.29) is 94.2 Å². The molecule has 2 aliphatic heterocycles. The van der Waals surface area contributed by atoms with Crippen LogP contribution >= 0.6 is 0 Å². The topological polar surface area (TPSA) is 317 Å². The summed E-state index contributed by atoms with van der Waals surface area (Å²) in [6, 6.07) is 4.33. The minimum Gasteiger partial charge on any atom is -0.391 e. The predicted octanol–water partition coefficient (Wildman–Crippen LogP) is 3.94. The van der Waals surface area contributed by atoms with Crippen LogP contribution < -0.4 is 26.6 Å². The molecule has 11 atom stereocenters. The molecule has 6 N–H and O–H groups in total. The number of likely N-dealkylation sites (N-methyl/N-ethyl adjacent to an activating group) is 6. The maximum Gasteiger partial charge on any atom is 0.248 e. The van der Waals surface area contributed by atoms with Gasteiger partial charge >= 0.3 is 0 Å². The molecular formula is C75H120N12O14. The molecule has 0 saturated carbocycles. The number of carbonyl (C=O) groups excluding carboxylic acids is 12. The van der Waals surface area contributed by atoms with E-state index in [1.807, 2.05) is 69.2 Å². The normalized spacial score (nSPS) is 24.9. The van der Waals surface area contributed by atoms with E-state index in [2.05, 4.69) is 26.6 Å². The molecule has 26 heteroatoms. The second kappa shape index (κ2) is 41.2. The Kier molecular flexibility index (Phi) is 34.8. The molecule has 2 heterocycles.